The number of ether oxygens (including phenoxy) is 4. The van der Waals surface area contributed by atoms with Crippen LogP contribution in [0.1, 0.15) is 56.8 Å². The van der Waals surface area contributed by atoms with Gasteiger partial charge in [0.15, 0.2) is 35.2 Å². The number of carbonyl (C=O) groups excluding carboxylic acids is 8. The lowest BCUT2D eigenvalue weighted by Crippen LogP contribution is -2.28. The molecule has 0 amide bonds. The molecule has 52 heavy (non-hydrogen) atoms. The van der Waals surface area contributed by atoms with Gasteiger partial charge in [0.1, 0.15) is 18.9 Å². The normalized spacial score (nSPS) is 12.1. The molecule has 0 aliphatic carbocycles. The minimum absolute atomic E-state index is 0.00242. The number of carbonyl (C=O) groups is 8. The van der Waals surface area contributed by atoms with Crippen molar-refractivity contribution in [1.29, 1.82) is 0 Å². The topological polar surface area (TPSA) is 223 Å². The van der Waals surface area contributed by atoms with Crippen LogP contribution in [0.3, 0.4) is 0 Å². The number of ketones is 4. The predicted octanol–water partition coefficient (Wildman–Crippen LogP) is 4.31. The lowest BCUT2D eigenvalue weighted by molar-refractivity contribution is -0.130. The fourth-order valence-electron chi connectivity index (χ4n) is 4.67. The zero-order valence-electron chi connectivity index (χ0n) is 28.6. The van der Waals surface area contributed by atoms with E-state index in [4.69, 9.17) is 18.9 Å². The van der Waals surface area contributed by atoms with E-state index in [2.05, 4.69) is 20.5 Å². The Kier molecular flexibility index (Phi) is 15.0. The van der Waals surface area contributed by atoms with E-state index in [1.807, 2.05) is 0 Å². The van der Waals surface area contributed by atoms with Crippen molar-refractivity contribution in [2.75, 3.05) is 14.2 Å². The minimum atomic E-state index is -1.50. The summed E-state index contributed by atoms with van der Waals surface area (Å²) in [6.07, 6.45) is -0.440. The van der Waals surface area contributed by atoms with E-state index in [1.54, 1.807) is 24.3 Å². The highest BCUT2D eigenvalue weighted by Gasteiger charge is 2.25. The van der Waals surface area contributed by atoms with Crippen LogP contribution in [0.25, 0.3) is 0 Å². The molecule has 0 saturated carbocycles. The molecule has 2 unspecified atom stereocenters. The van der Waals surface area contributed by atoms with Crippen molar-refractivity contribution in [2.24, 2.45) is 20.5 Å². The van der Waals surface area contributed by atoms with Gasteiger partial charge in [0, 0.05) is 18.4 Å². The second-order valence-corrected chi connectivity index (χ2v) is 11.1. The van der Waals surface area contributed by atoms with Crippen LogP contribution in [-0.2, 0) is 73.8 Å². The van der Waals surface area contributed by atoms with Gasteiger partial charge in [0.05, 0.1) is 31.0 Å². The van der Waals surface area contributed by atoms with Crippen LogP contribution in [-0.4, -0.2) is 74.3 Å². The van der Waals surface area contributed by atoms with E-state index in [0.717, 1.165) is 0 Å². The molecule has 270 valence electrons. The molecule has 0 aromatic heterocycles. The van der Waals surface area contributed by atoms with Crippen molar-refractivity contribution < 1.29 is 57.3 Å². The molecule has 0 radical (unpaired) electrons. The summed E-state index contributed by atoms with van der Waals surface area (Å²) in [5.41, 5.74) is 2.02. The van der Waals surface area contributed by atoms with Gasteiger partial charge >= 0.3 is 11.9 Å². The van der Waals surface area contributed by atoms with Crippen LogP contribution in [0.2, 0.25) is 0 Å². The summed E-state index contributed by atoms with van der Waals surface area (Å²) in [6.45, 7) is 2.51. The highest BCUT2D eigenvalue weighted by atomic mass is 16.5. The van der Waals surface area contributed by atoms with Gasteiger partial charge in [-0.05, 0) is 54.8 Å². The summed E-state index contributed by atoms with van der Waals surface area (Å²) >= 11 is 0. The van der Waals surface area contributed by atoms with Crippen LogP contribution in [0, 0.1) is 0 Å². The zero-order chi connectivity index (χ0) is 38.2. The van der Waals surface area contributed by atoms with Crippen molar-refractivity contribution >= 4 is 59.4 Å². The van der Waals surface area contributed by atoms with E-state index in [0.29, 0.717) is 22.3 Å². The Morgan fingerprint density at radius 1 is 0.615 bits per heavy atom. The number of hydrogen-bond donors (Lipinski definition) is 0. The number of benzene rings is 3. The van der Waals surface area contributed by atoms with Gasteiger partial charge in [-0.1, -0.05) is 36.4 Å². The zero-order valence-corrected chi connectivity index (χ0v) is 28.6. The molecule has 16 heteroatoms. The molecule has 0 N–H and O–H groups in total. The first-order valence-electron chi connectivity index (χ1n) is 15.4. The molecule has 0 aliphatic heterocycles. The third kappa shape index (κ3) is 11.2. The van der Waals surface area contributed by atoms with Crippen LogP contribution in [0.4, 0.5) is 11.4 Å². The molecule has 0 spiro atoms. The Bertz CT molecular complexity index is 1900. The van der Waals surface area contributed by atoms with Gasteiger partial charge in [-0.3, -0.25) is 28.8 Å². The number of hydrogen-bond acceptors (Lipinski definition) is 16. The highest BCUT2D eigenvalue weighted by Crippen LogP contribution is 2.25. The largest absolute Gasteiger partial charge is 0.465 e. The second kappa shape index (κ2) is 19.6. The Morgan fingerprint density at radius 2 is 1.12 bits per heavy atom. The lowest BCUT2D eigenvalue weighted by atomic mass is 9.98. The SMILES string of the molecule is COC(=O)c1ccc(COC=O)c(N=NC(C(C)=O)C(=O)Cc2ccc(CC(=O)C(N=Nc3cc(COC=O)ccc3C(=O)OC)C(C)=O)cc2)c1. The van der Waals surface area contributed by atoms with E-state index in [-0.39, 0.29) is 61.5 Å². The quantitative estimate of drug-likeness (QED) is 0.0525. The lowest BCUT2D eigenvalue weighted by Gasteiger charge is -2.10. The Morgan fingerprint density at radius 3 is 1.62 bits per heavy atom. The fraction of sp³-hybridized carbons (Fsp3) is 0.278. The molecule has 0 saturated heterocycles. The van der Waals surface area contributed by atoms with Crippen molar-refractivity contribution in [1.82, 2.24) is 0 Å². The summed E-state index contributed by atoms with van der Waals surface area (Å²) in [4.78, 5) is 96.6. The summed E-state index contributed by atoms with van der Waals surface area (Å²) < 4.78 is 19.0. The molecule has 2 atom stereocenters. The fourth-order valence-corrected chi connectivity index (χ4v) is 4.67. The first-order chi connectivity index (χ1) is 24.9. The van der Waals surface area contributed by atoms with Gasteiger partial charge in [-0.25, -0.2) is 9.59 Å². The van der Waals surface area contributed by atoms with Crippen molar-refractivity contribution in [2.45, 2.75) is 52.0 Å². The molecule has 3 rings (SSSR count). The summed E-state index contributed by atoms with van der Waals surface area (Å²) in [6, 6.07) is 11.8. The molecule has 0 heterocycles. The molecule has 3 aromatic rings. The average Bonchev–Trinajstić information content (AvgIpc) is 3.13. The van der Waals surface area contributed by atoms with Crippen LogP contribution in [0.5, 0.6) is 0 Å². The standard InChI is InChI=1S/C36H34N4O12/c1-21(43)33(39-37-29-16-26(35(47)49-3)10-11-27(29)18-52-20-42)31(45)14-23-5-7-24(8-6-23)15-32(46)34(22(2)44)40-38-30-13-25(17-51-19-41)9-12-28(30)36(48)50-4/h5-13,16,19-20,33-34H,14-15,17-18H2,1-4H3. The van der Waals surface area contributed by atoms with E-state index < -0.39 is 47.2 Å². The molecular formula is C36H34N4O12. The predicted molar refractivity (Wildman–Crippen MR) is 179 cm³/mol. The summed E-state index contributed by atoms with van der Waals surface area (Å²) in [5, 5.41) is 15.9. The van der Waals surface area contributed by atoms with E-state index in [9.17, 15) is 38.4 Å². The van der Waals surface area contributed by atoms with Gasteiger partial charge in [0.25, 0.3) is 12.9 Å². The maximum atomic E-state index is 13.1. The number of esters is 2. The highest BCUT2D eigenvalue weighted by molar-refractivity contribution is 6.07. The average molecular weight is 715 g/mol. The summed E-state index contributed by atoms with van der Waals surface area (Å²) in [5.74, 6) is -3.76. The number of nitrogens with zero attached hydrogens (tertiary/aromatic N) is 4. The van der Waals surface area contributed by atoms with Gasteiger partial charge in [-0.15, -0.1) is 0 Å². The number of methoxy groups -OCH3 is 2. The maximum Gasteiger partial charge on any atom is 0.340 e. The first kappa shape index (κ1) is 39.9. The van der Waals surface area contributed by atoms with Gasteiger partial charge in [0.2, 0.25) is 0 Å². The number of azo groups is 2. The number of Topliss-reactive ketones (excluding diaryl/α,β-unsaturated/α-hetero) is 4. The third-order valence-electron chi connectivity index (χ3n) is 7.32. The summed E-state index contributed by atoms with van der Waals surface area (Å²) in [7, 11) is 2.36. The number of rotatable bonds is 20. The molecule has 16 nitrogen and oxygen atoms in total. The molecule has 0 aliphatic rings. The molecule has 0 fully saturated rings. The third-order valence-corrected chi connectivity index (χ3v) is 7.32. The van der Waals surface area contributed by atoms with Crippen molar-refractivity contribution in [3.8, 4) is 0 Å². The van der Waals surface area contributed by atoms with Crippen molar-refractivity contribution in [3.63, 3.8) is 0 Å². The first-order valence-corrected chi connectivity index (χ1v) is 15.4. The van der Waals surface area contributed by atoms with Crippen LogP contribution in [0.15, 0.2) is 81.1 Å². The Hall–Kier alpha value is -6.58. The van der Waals surface area contributed by atoms with E-state index in [1.165, 1.54) is 64.5 Å². The van der Waals surface area contributed by atoms with Crippen molar-refractivity contribution in [3.05, 3.63) is 94.0 Å². The smallest absolute Gasteiger partial charge is 0.340 e. The van der Waals surface area contributed by atoms with E-state index >= 15 is 0 Å². The Labute approximate surface area is 297 Å². The van der Waals surface area contributed by atoms with Crippen LogP contribution < -0.4 is 0 Å². The maximum absolute atomic E-state index is 13.1. The Balaban J connectivity index is 1.75. The molecular weight excluding hydrogens is 680 g/mol. The van der Waals surface area contributed by atoms with Gasteiger partial charge in [-0.2, -0.15) is 20.5 Å². The minimum Gasteiger partial charge on any atom is -0.465 e. The van der Waals surface area contributed by atoms with Gasteiger partial charge < -0.3 is 18.9 Å². The molecule has 0 bridgehead atoms. The second-order valence-electron chi connectivity index (χ2n) is 11.1. The van der Waals surface area contributed by atoms with Crippen LogP contribution >= 0.6 is 0 Å². The molecule has 3 aromatic carbocycles. The monoisotopic (exact) mass is 714 g/mol.